The van der Waals surface area contributed by atoms with Crippen LogP contribution in [0.2, 0.25) is 0 Å². The average molecular weight is 444 g/mol. The molecule has 3 heterocycles. The molecule has 0 spiro atoms. The van der Waals surface area contributed by atoms with Gasteiger partial charge in [0.15, 0.2) is 0 Å². The number of aryl methyl sites for hydroxylation is 2. The van der Waals surface area contributed by atoms with Crippen molar-refractivity contribution < 1.29 is 19.1 Å². The number of amides is 2. The molecule has 1 saturated carbocycles. The van der Waals surface area contributed by atoms with E-state index in [9.17, 15) is 19.2 Å². The molecular weight excluding hydrogens is 418 g/mol. The molecule has 0 bridgehead atoms. The number of rotatable bonds is 4. The third kappa shape index (κ3) is 3.39. The molecular formula is C22H25N3O5S. The highest BCUT2D eigenvalue weighted by atomic mass is 32.1. The van der Waals surface area contributed by atoms with Crippen molar-refractivity contribution in [3.8, 4) is 0 Å². The van der Waals surface area contributed by atoms with Crippen LogP contribution in [0, 0.1) is 11.8 Å². The largest absolute Gasteiger partial charge is 0.456 e. The van der Waals surface area contributed by atoms with Crippen molar-refractivity contribution in [2.45, 2.75) is 70.9 Å². The number of nitrogens with one attached hydrogen (secondary N) is 1. The number of carbonyl (C=O) groups excluding carboxylic acids is 3. The lowest BCUT2D eigenvalue weighted by molar-refractivity contribution is -0.159. The van der Waals surface area contributed by atoms with Crippen LogP contribution in [0.25, 0.3) is 10.2 Å². The van der Waals surface area contributed by atoms with Gasteiger partial charge in [-0.05, 0) is 51.0 Å². The van der Waals surface area contributed by atoms with E-state index in [0.717, 1.165) is 49.0 Å². The van der Waals surface area contributed by atoms with Crippen molar-refractivity contribution >= 4 is 39.3 Å². The maximum absolute atomic E-state index is 12.7. The Bertz CT molecular complexity index is 1110. The van der Waals surface area contributed by atoms with E-state index >= 15 is 0 Å². The summed E-state index contributed by atoms with van der Waals surface area (Å²) in [5.41, 5.74) is 0.891. The average Bonchev–Trinajstić information content (AvgIpc) is 3.27. The smallest absolute Gasteiger partial charge is 0.329 e. The van der Waals surface area contributed by atoms with Crippen molar-refractivity contribution in [1.29, 1.82) is 0 Å². The summed E-state index contributed by atoms with van der Waals surface area (Å²) in [6.07, 6.45) is 7.32. The Labute approximate surface area is 183 Å². The van der Waals surface area contributed by atoms with Crippen LogP contribution in [0.5, 0.6) is 0 Å². The number of likely N-dealkylation sites (tertiary alicyclic amines) is 1. The zero-order valence-electron chi connectivity index (χ0n) is 17.4. The zero-order valence-corrected chi connectivity index (χ0v) is 18.3. The molecule has 5 rings (SSSR count). The SMILES string of the molecule is C[C@H](C(=O)OCc1nc2sc3c(c2c(=O)[nH]1)CCCC3)N1C(=O)[C@H]2CCCC[C@@H]2C1=O. The summed E-state index contributed by atoms with van der Waals surface area (Å²) in [4.78, 5) is 60.8. The fraction of sp³-hybridized carbons (Fsp3) is 0.591. The van der Waals surface area contributed by atoms with Gasteiger partial charge in [-0.15, -0.1) is 11.3 Å². The zero-order chi connectivity index (χ0) is 21.7. The van der Waals surface area contributed by atoms with Crippen molar-refractivity contribution in [2.75, 3.05) is 0 Å². The molecule has 2 fully saturated rings. The molecule has 31 heavy (non-hydrogen) atoms. The summed E-state index contributed by atoms with van der Waals surface area (Å²) in [5.74, 6) is -1.55. The van der Waals surface area contributed by atoms with Crippen molar-refractivity contribution in [3.05, 3.63) is 26.6 Å². The second-order valence-corrected chi connectivity index (χ2v) is 9.81. The molecule has 0 aromatic carbocycles. The van der Waals surface area contributed by atoms with Gasteiger partial charge in [-0.1, -0.05) is 12.8 Å². The maximum Gasteiger partial charge on any atom is 0.329 e. The monoisotopic (exact) mass is 443 g/mol. The van der Waals surface area contributed by atoms with Crippen molar-refractivity contribution in [3.63, 3.8) is 0 Å². The van der Waals surface area contributed by atoms with E-state index in [0.29, 0.717) is 23.1 Å². The summed E-state index contributed by atoms with van der Waals surface area (Å²) >= 11 is 1.53. The van der Waals surface area contributed by atoms with Crippen LogP contribution in [-0.4, -0.2) is 38.7 Å². The molecule has 2 aromatic heterocycles. The molecule has 164 valence electrons. The molecule has 3 atom stereocenters. The summed E-state index contributed by atoms with van der Waals surface area (Å²) < 4.78 is 5.35. The lowest BCUT2D eigenvalue weighted by Crippen LogP contribution is -2.44. The van der Waals surface area contributed by atoms with Gasteiger partial charge in [-0.25, -0.2) is 9.78 Å². The molecule has 2 aliphatic carbocycles. The van der Waals surface area contributed by atoms with Gasteiger partial charge in [-0.2, -0.15) is 0 Å². The number of hydrogen-bond donors (Lipinski definition) is 1. The van der Waals surface area contributed by atoms with Gasteiger partial charge in [0.25, 0.3) is 5.56 Å². The van der Waals surface area contributed by atoms with E-state index < -0.39 is 12.0 Å². The van der Waals surface area contributed by atoms with Crippen LogP contribution >= 0.6 is 11.3 Å². The molecule has 2 amide bonds. The number of esters is 1. The van der Waals surface area contributed by atoms with E-state index in [1.807, 2.05) is 0 Å². The topological polar surface area (TPSA) is 109 Å². The van der Waals surface area contributed by atoms with Gasteiger partial charge < -0.3 is 9.72 Å². The minimum Gasteiger partial charge on any atom is -0.456 e. The highest BCUT2D eigenvalue weighted by molar-refractivity contribution is 7.18. The predicted octanol–water partition coefficient (Wildman–Crippen LogP) is 2.47. The van der Waals surface area contributed by atoms with Gasteiger partial charge in [0.05, 0.1) is 17.2 Å². The highest BCUT2D eigenvalue weighted by Crippen LogP contribution is 2.39. The second kappa shape index (κ2) is 7.85. The minimum absolute atomic E-state index is 0.208. The first-order valence-corrected chi connectivity index (χ1v) is 11.8. The fourth-order valence-corrected chi connectivity index (χ4v) is 6.49. The lowest BCUT2D eigenvalue weighted by atomic mass is 9.81. The van der Waals surface area contributed by atoms with Crippen LogP contribution in [0.1, 0.15) is 61.7 Å². The Balaban J connectivity index is 1.30. The Morgan fingerprint density at radius 2 is 1.81 bits per heavy atom. The number of fused-ring (bicyclic) bond motifs is 4. The number of nitrogens with zero attached hydrogens (tertiary/aromatic N) is 2. The predicted molar refractivity (Wildman–Crippen MR) is 113 cm³/mol. The first-order valence-electron chi connectivity index (χ1n) is 11.0. The molecule has 1 saturated heterocycles. The number of ether oxygens (including phenoxy) is 1. The number of imide groups is 1. The highest BCUT2D eigenvalue weighted by Gasteiger charge is 2.51. The number of aromatic amines is 1. The minimum atomic E-state index is -0.991. The molecule has 8 nitrogen and oxygen atoms in total. The standard InChI is InChI=1S/C22H25N3O5S/c1-11(25-20(27)12-6-2-3-7-13(12)21(25)28)22(29)30-10-16-23-18(26)17-14-8-4-5-9-15(14)31-19(17)24-16/h11-13H,2-10H2,1H3,(H,23,24,26)/t11-,12+,13+/m1/s1. The van der Waals surface area contributed by atoms with Gasteiger partial charge in [0.1, 0.15) is 23.3 Å². The Morgan fingerprint density at radius 3 is 2.52 bits per heavy atom. The molecule has 1 N–H and O–H groups in total. The van der Waals surface area contributed by atoms with Crippen molar-refractivity contribution in [1.82, 2.24) is 14.9 Å². The summed E-state index contributed by atoms with van der Waals surface area (Å²) in [6.45, 7) is 1.31. The molecule has 0 radical (unpaired) electrons. The Kier molecular flexibility index (Phi) is 5.16. The van der Waals surface area contributed by atoms with E-state index in [1.165, 1.54) is 23.1 Å². The van der Waals surface area contributed by atoms with Crippen LogP contribution in [0.15, 0.2) is 4.79 Å². The first kappa shape index (κ1) is 20.4. The molecule has 1 aliphatic heterocycles. The first-order chi connectivity index (χ1) is 15.0. The molecule has 0 unspecified atom stereocenters. The van der Waals surface area contributed by atoms with Gasteiger partial charge in [0, 0.05) is 4.88 Å². The summed E-state index contributed by atoms with van der Waals surface area (Å²) in [7, 11) is 0. The summed E-state index contributed by atoms with van der Waals surface area (Å²) in [6, 6.07) is -0.991. The number of aromatic nitrogens is 2. The molecule has 2 aromatic rings. The second-order valence-electron chi connectivity index (χ2n) is 8.73. The maximum atomic E-state index is 12.7. The number of hydrogen-bond acceptors (Lipinski definition) is 7. The van der Waals surface area contributed by atoms with E-state index in [4.69, 9.17) is 4.74 Å². The van der Waals surface area contributed by atoms with Crippen LogP contribution in [0.4, 0.5) is 0 Å². The Hall–Kier alpha value is -2.55. The third-order valence-corrected chi connectivity index (χ3v) is 8.01. The molecule has 3 aliphatic rings. The normalized spacial score (nSPS) is 24.2. The molecule has 9 heteroatoms. The van der Waals surface area contributed by atoms with E-state index in [2.05, 4.69) is 9.97 Å². The van der Waals surface area contributed by atoms with Crippen molar-refractivity contribution in [2.24, 2.45) is 11.8 Å². The Morgan fingerprint density at radius 1 is 1.13 bits per heavy atom. The summed E-state index contributed by atoms with van der Waals surface area (Å²) in [5, 5.41) is 0.652. The number of thiophene rings is 1. The van der Waals surface area contributed by atoms with Crippen LogP contribution in [-0.2, 0) is 38.6 Å². The van der Waals surface area contributed by atoms with Gasteiger partial charge in [0.2, 0.25) is 11.8 Å². The number of H-pyrrole nitrogens is 1. The van der Waals surface area contributed by atoms with Gasteiger partial charge >= 0.3 is 5.97 Å². The van der Waals surface area contributed by atoms with Crippen LogP contribution < -0.4 is 5.56 Å². The van der Waals surface area contributed by atoms with Crippen LogP contribution in [0.3, 0.4) is 0 Å². The third-order valence-electron chi connectivity index (χ3n) is 6.83. The van der Waals surface area contributed by atoms with E-state index in [1.54, 1.807) is 0 Å². The van der Waals surface area contributed by atoms with Gasteiger partial charge in [-0.3, -0.25) is 19.3 Å². The lowest BCUT2D eigenvalue weighted by Gasteiger charge is -2.21. The fourth-order valence-electron chi connectivity index (χ4n) is 5.21. The van der Waals surface area contributed by atoms with E-state index in [-0.39, 0.29) is 41.6 Å². The quantitative estimate of drug-likeness (QED) is 0.574. The number of carbonyl (C=O) groups is 3.